The molecule has 1 amide bonds. The van der Waals surface area contributed by atoms with Crippen LogP contribution >= 0.6 is 11.3 Å². The number of anilines is 1. The first kappa shape index (κ1) is 18.1. The van der Waals surface area contributed by atoms with Crippen LogP contribution in [0.3, 0.4) is 0 Å². The van der Waals surface area contributed by atoms with E-state index < -0.39 is 23.8 Å². The first-order valence-electron chi connectivity index (χ1n) is 8.12. The van der Waals surface area contributed by atoms with Gasteiger partial charge < -0.3 is 10.1 Å². The van der Waals surface area contributed by atoms with E-state index in [1.54, 1.807) is 12.1 Å². The van der Waals surface area contributed by atoms with Crippen molar-refractivity contribution in [2.45, 2.75) is 26.9 Å². The van der Waals surface area contributed by atoms with Crippen LogP contribution in [0, 0.1) is 19.7 Å². The first-order valence-corrected chi connectivity index (χ1v) is 8.94. The summed E-state index contributed by atoms with van der Waals surface area (Å²) in [6.45, 7) is 5.37. The van der Waals surface area contributed by atoms with Crippen molar-refractivity contribution >= 4 is 39.0 Å². The number of ether oxygens (including phenoxy) is 1. The topological polar surface area (TPSA) is 55.4 Å². The highest BCUT2D eigenvalue weighted by molar-refractivity contribution is 7.20. The lowest BCUT2D eigenvalue weighted by Gasteiger charge is -2.14. The highest BCUT2D eigenvalue weighted by Crippen LogP contribution is 2.28. The Hall–Kier alpha value is -2.73. The molecule has 1 N–H and O–H groups in total. The molecule has 0 radical (unpaired) electrons. The second kappa shape index (κ2) is 7.25. The van der Waals surface area contributed by atoms with Crippen LogP contribution in [0.2, 0.25) is 0 Å². The predicted molar refractivity (Wildman–Crippen MR) is 101 cm³/mol. The van der Waals surface area contributed by atoms with E-state index in [1.807, 2.05) is 32.0 Å². The zero-order chi connectivity index (χ0) is 18.8. The summed E-state index contributed by atoms with van der Waals surface area (Å²) in [7, 11) is 0. The molecule has 0 saturated heterocycles. The fraction of sp³-hybridized carbons (Fsp3) is 0.200. The lowest BCUT2D eigenvalue weighted by Crippen LogP contribution is -2.30. The van der Waals surface area contributed by atoms with E-state index >= 15 is 0 Å². The molecule has 1 heterocycles. The second-order valence-electron chi connectivity index (χ2n) is 6.12. The molecular formula is C20H18FNO3S. The van der Waals surface area contributed by atoms with E-state index in [4.69, 9.17) is 4.74 Å². The Kier molecular flexibility index (Phi) is 5.04. The number of hydrogen-bond donors (Lipinski definition) is 1. The normalized spacial score (nSPS) is 12.0. The summed E-state index contributed by atoms with van der Waals surface area (Å²) in [4.78, 5) is 24.8. The predicted octanol–water partition coefficient (Wildman–Crippen LogP) is 4.84. The van der Waals surface area contributed by atoms with E-state index in [1.165, 1.54) is 19.1 Å². The quantitative estimate of drug-likeness (QED) is 0.668. The molecule has 6 heteroatoms. The van der Waals surface area contributed by atoms with Crippen molar-refractivity contribution in [1.29, 1.82) is 0 Å². The largest absolute Gasteiger partial charge is 0.448 e. The van der Waals surface area contributed by atoms with Crippen LogP contribution in [0.5, 0.6) is 0 Å². The molecule has 0 aliphatic heterocycles. The van der Waals surface area contributed by atoms with Gasteiger partial charge in [-0.15, -0.1) is 11.3 Å². The minimum Gasteiger partial charge on any atom is -0.448 e. The summed E-state index contributed by atoms with van der Waals surface area (Å²) in [6.07, 6.45) is -0.974. The minimum atomic E-state index is -0.974. The van der Waals surface area contributed by atoms with Gasteiger partial charge >= 0.3 is 5.97 Å². The van der Waals surface area contributed by atoms with Gasteiger partial charge in [0.05, 0.1) is 0 Å². The van der Waals surface area contributed by atoms with Gasteiger partial charge in [-0.1, -0.05) is 23.8 Å². The maximum Gasteiger partial charge on any atom is 0.349 e. The average Bonchev–Trinajstić information content (AvgIpc) is 3.03. The summed E-state index contributed by atoms with van der Waals surface area (Å²) in [5, 5.41) is 3.13. The lowest BCUT2D eigenvalue weighted by molar-refractivity contribution is -0.123. The molecule has 134 valence electrons. The summed E-state index contributed by atoms with van der Waals surface area (Å²) in [5.41, 5.74) is 2.70. The van der Waals surface area contributed by atoms with Crippen molar-refractivity contribution in [2.24, 2.45) is 0 Å². The molecule has 0 aliphatic rings. The molecule has 0 unspecified atom stereocenters. The van der Waals surface area contributed by atoms with E-state index in [0.29, 0.717) is 15.8 Å². The van der Waals surface area contributed by atoms with Crippen LogP contribution in [0.15, 0.2) is 42.5 Å². The van der Waals surface area contributed by atoms with Gasteiger partial charge in [0.15, 0.2) is 6.10 Å². The number of esters is 1. The Labute approximate surface area is 154 Å². The van der Waals surface area contributed by atoms with Gasteiger partial charge in [-0.25, -0.2) is 9.18 Å². The maximum atomic E-state index is 13.8. The summed E-state index contributed by atoms with van der Waals surface area (Å²) >= 11 is 1.14. The summed E-state index contributed by atoms with van der Waals surface area (Å²) < 4.78 is 19.6. The molecule has 0 spiro atoms. The Morgan fingerprint density at radius 1 is 1.15 bits per heavy atom. The Bertz CT molecular complexity index is 996. The van der Waals surface area contributed by atoms with Crippen molar-refractivity contribution in [2.75, 3.05) is 5.32 Å². The van der Waals surface area contributed by atoms with Crippen LogP contribution in [-0.4, -0.2) is 18.0 Å². The molecule has 0 bridgehead atoms. The molecule has 26 heavy (non-hydrogen) atoms. The van der Waals surface area contributed by atoms with Crippen molar-refractivity contribution in [3.8, 4) is 0 Å². The van der Waals surface area contributed by atoms with Gasteiger partial charge in [0.25, 0.3) is 5.91 Å². The third kappa shape index (κ3) is 3.75. The van der Waals surface area contributed by atoms with Crippen LogP contribution in [-0.2, 0) is 9.53 Å². The molecule has 2 aromatic carbocycles. The van der Waals surface area contributed by atoms with Gasteiger partial charge in [0, 0.05) is 15.8 Å². The molecule has 0 aliphatic carbocycles. The number of carbonyl (C=O) groups is 2. The van der Waals surface area contributed by atoms with E-state index in [2.05, 4.69) is 5.32 Å². The van der Waals surface area contributed by atoms with Gasteiger partial charge in [-0.2, -0.15) is 0 Å². The fourth-order valence-electron chi connectivity index (χ4n) is 2.59. The number of aryl methyl sites for hydroxylation is 2. The molecule has 3 rings (SSSR count). The highest BCUT2D eigenvalue weighted by Gasteiger charge is 2.21. The smallest absolute Gasteiger partial charge is 0.349 e. The van der Waals surface area contributed by atoms with Crippen molar-refractivity contribution < 1.29 is 18.7 Å². The maximum absolute atomic E-state index is 13.8. The second-order valence-corrected chi connectivity index (χ2v) is 7.20. The number of fused-ring (bicyclic) bond motifs is 1. The highest BCUT2D eigenvalue weighted by atomic mass is 32.1. The van der Waals surface area contributed by atoms with Gasteiger partial charge in [0.2, 0.25) is 0 Å². The van der Waals surface area contributed by atoms with Crippen LogP contribution in [0.25, 0.3) is 10.1 Å². The van der Waals surface area contributed by atoms with Crippen LogP contribution < -0.4 is 5.32 Å². The number of carbonyl (C=O) groups excluding carboxylic acids is 2. The third-order valence-corrected chi connectivity index (χ3v) is 5.08. The van der Waals surface area contributed by atoms with Crippen molar-refractivity contribution in [3.05, 3.63) is 64.3 Å². The van der Waals surface area contributed by atoms with E-state index in [9.17, 15) is 14.0 Å². The molecule has 0 fully saturated rings. The summed E-state index contributed by atoms with van der Waals surface area (Å²) in [5.74, 6) is -1.45. The number of rotatable bonds is 4. The minimum absolute atomic E-state index is 0.260. The van der Waals surface area contributed by atoms with Crippen molar-refractivity contribution in [3.63, 3.8) is 0 Å². The molecular weight excluding hydrogens is 353 g/mol. The number of amides is 1. The molecule has 4 nitrogen and oxygen atoms in total. The van der Waals surface area contributed by atoms with Crippen LogP contribution in [0.4, 0.5) is 10.1 Å². The number of nitrogens with one attached hydrogen (secondary N) is 1. The fourth-order valence-corrected chi connectivity index (χ4v) is 3.54. The Balaban J connectivity index is 1.69. The third-order valence-electron chi connectivity index (χ3n) is 4.00. The number of hydrogen-bond acceptors (Lipinski definition) is 4. The van der Waals surface area contributed by atoms with E-state index in [-0.39, 0.29) is 4.88 Å². The molecule has 1 aromatic heterocycles. The molecule has 0 saturated carbocycles. The van der Waals surface area contributed by atoms with Gasteiger partial charge in [0.1, 0.15) is 10.7 Å². The van der Waals surface area contributed by atoms with Gasteiger partial charge in [-0.3, -0.25) is 4.79 Å². The zero-order valence-electron chi connectivity index (χ0n) is 14.6. The molecule has 3 aromatic rings. The van der Waals surface area contributed by atoms with Crippen molar-refractivity contribution in [1.82, 2.24) is 0 Å². The standard InChI is InChI=1S/C20H18FNO3S/c1-11-7-8-16(12(2)9-11)22-19(23)13(3)25-20(24)18-10-14-15(21)5-4-6-17(14)26-18/h4-10,13H,1-3H3,(H,22,23)/t13-/m1/s1. The lowest BCUT2D eigenvalue weighted by atomic mass is 10.1. The summed E-state index contributed by atoms with van der Waals surface area (Å²) in [6, 6.07) is 11.8. The first-order chi connectivity index (χ1) is 12.3. The van der Waals surface area contributed by atoms with Gasteiger partial charge in [-0.05, 0) is 50.6 Å². The number of halogens is 1. The Morgan fingerprint density at radius 2 is 1.92 bits per heavy atom. The number of thiophene rings is 1. The monoisotopic (exact) mass is 371 g/mol. The number of benzene rings is 2. The van der Waals surface area contributed by atoms with E-state index in [0.717, 1.165) is 22.5 Å². The Morgan fingerprint density at radius 3 is 2.62 bits per heavy atom. The molecule has 1 atom stereocenters. The SMILES string of the molecule is Cc1ccc(NC(=O)[C@@H](C)OC(=O)c2cc3c(F)cccc3s2)c(C)c1. The van der Waals surface area contributed by atoms with Crippen LogP contribution in [0.1, 0.15) is 27.7 Å². The zero-order valence-corrected chi connectivity index (χ0v) is 15.4. The average molecular weight is 371 g/mol.